The van der Waals surface area contributed by atoms with Crippen molar-refractivity contribution >= 4 is 23.1 Å². The zero-order valence-electron chi connectivity index (χ0n) is 7.23. The number of halogens is 1. The summed E-state index contributed by atoms with van der Waals surface area (Å²) >= 11 is 7.36. The fourth-order valence-electron chi connectivity index (χ4n) is 1.18. The lowest BCUT2D eigenvalue weighted by molar-refractivity contribution is 0.587. The van der Waals surface area contributed by atoms with Gasteiger partial charge >= 0.3 is 0 Å². The van der Waals surface area contributed by atoms with Gasteiger partial charge in [-0.3, -0.25) is 0 Å². The maximum Gasteiger partial charge on any atom is 0.117 e. The zero-order chi connectivity index (χ0) is 8.65. The Bertz CT molecular complexity index is 240. The first-order valence-electron chi connectivity index (χ1n) is 3.55. The monoisotopic (exact) mass is 189 g/mol. The average molecular weight is 190 g/mol. The van der Waals surface area contributed by atoms with Crippen LogP contribution in [-0.2, 0) is 5.41 Å². The maximum absolute atomic E-state index is 5.99. The van der Waals surface area contributed by atoms with E-state index in [4.69, 9.17) is 11.6 Å². The zero-order valence-corrected chi connectivity index (χ0v) is 8.81. The van der Waals surface area contributed by atoms with Gasteiger partial charge in [0.25, 0.3) is 0 Å². The van der Waals surface area contributed by atoms with Gasteiger partial charge in [0.15, 0.2) is 0 Å². The summed E-state index contributed by atoms with van der Waals surface area (Å²) in [4.78, 5) is 0. The molecule has 0 saturated carbocycles. The van der Waals surface area contributed by atoms with Gasteiger partial charge in [-0.2, -0.15) is 4.37 Å². The normalized spacial score (nSPS) is 12.1. The third kappa shape index (κ3) is 1.74. The summed E-state index contributed by atoms with van der Waals surface area (Å²) in [5, 5.41) is 0. The van der Waals surface area contributed by atoms with Crippen molar-refractivity contribution in [1.82, 2.24) is 4.37 Å². The molecule has 0 aromatic carbocycles. The van der Waals surface area contributed by atoms with Crippen LogP contribution in [0.4, 0.5) is 0 Å². The van der Waals surface area contributed by atoms with E-state index in [2.05, 4.69) is 25.1 Å². The number of hydrogen-bond donors (Lipinski definition) is 0. The van der Waals surface area contributed by atoms with Crippen LogP contribution >= 0.6 is 23.1 Å². The predicted octanol–water partition coefficient (Wildman–Crippen LogP) is 3.40. The van der Waals surface area contributed by atoms with E-state index in [-0.39, 0.29) is 5.41 Å². The first-order chi connectivity index (χ1) is 4.93. The number of rotatable bonds is 0. The molecule has 0 saturated heterocycles. The standard InChI is InChI=1S/C8H12ClNS/c1-5-6(8(2,3)4)7(9)11-10-5/h1-4H3. The van der Waals surface area contributed by atoms with Crippen LogP contribution < -0.4 is 0 Å². The number of hydrogen-bond acceptors (Lipinski definition) is 2. The van der Waals surface area contributed by atoms with E-state index in [1.165, 1.54) is 17.1 Å². The largest absolute Gasteiger partial charge is 0.196 e. The molecule has 0 aliphatic rings. The van der Waals surface area contributed by atoms with E-state index in [9.17, 15) is 0 Å². The van der Waals surface area contributed by atoms with Crippen molar-refractivity contribution in [2.24, 2.45) is 0 Å². The Morgan fingerprint density at radius 2 is 1.91 bits per heavy atom. The Morgan fingerprint density at radius 1 is 1.36 bits per heavy atom. The SMILES string of the molecule is Cc1nsc(Cl)c1C(C)(C)C. The van der Waals surface area contributed by atoms with Crippen LogP contribution in [0.25, 0.3) is 0 Å². The predicted molar refractivity (Wildman–Crippen MR) is 50.6 cm³/mol. The first-order valence-corrected chi connectivity index (χ1v) is 4.70. The van der Waals surface area contributed by atoms with E-state index in [1.807, 2.05) is 6.92 Å². The van der Waals surface area contributed by atoms with Gasteiger partial charge in [-0.1, -0.05) is 32.4 Å². The quantitative estimate of drug-likeness (QED) is 0.610. The molecule has 0 fully saturated rings. The summed E-state index contributed by atoms with van der Waals surface area (Å²) < 4.78 is 5.02. The highest BCUT2D eigenvalue weighted by Crippen LogP contribution is 2.34. The molecule has 1 rings (SSSR count). The lowest BCUT2D eigenvalue weighted by atomic mass is 9.88. The van der Waals surface area contributed by atoms with Gasteiger partial charge in [-0.25, -0.2) is 0 Å². The molecule has 0 radical (unpaired) electrons. The highest BCUT2D eigenvalue weighted by atomic mass is 35.5. The van der Waals surface area contributed by atoms with E-state index in [0.717, 1.165) is 10.0 Å². The van der Waals surface area contributed by atoms with Gasteiger partial charge < -0.3 is 0 Å². The second kappa shape index (κ2) is 2.76. The summed E-state index contributed by atoms with van der Waals surface area (Å²) in [7, 11) is 0. The van der Waals surface area contributed by atoms with Crippen molar-refractivity contribution in [2.75, 3.05) is 0 Å². The number of nitrogens with zero attached hydrogens (tertiary/aromatic N) is 1. The van der Waals surface area contributed by atoms with Gasteiger partial charge in [0, 0.05) is 5.56 Å². The lowest BCUT2D eigenvalue weighted by Gasteiger charge is -2.17. The van der Waals surface area contributed by atoms with Crippen molar-refractivity contribution < 1.29 is 0 Å². The lowest BCUT2D eigenvalue weighted by Crippen LogP contribution is -2.11. The fraction of sp³-hybridized carbons (Fsp3) is 0.625. The van der Waals surface area contributed by atoms with Crippen LogP contribution in [0, 0.1) is 6.92 Å². The summed E-state index contributed by atoms with van der Waals surface area (Å²) in [6, 6.07) is 0. The molecule has 1 aromatic heterocycles. The molecular weight excluding hydrogens is 178 g/mol. The van der Waals surface area contributed by atoms with Gasteiger partial charge in [0.1, 0.15) is 4.34 Å². The molecule has 0 aliphatic carbocycles. The Labute approximate surface area is 76.6 Å². The number of aryl methyl sites for hydroxylation is 1. The highest BCUT2D eigenvalue weighted by molar-refractivity contribution is 7.10. The van der Waals surface area contributed by atoms with Crippen molar-refractivity contribution in [1.29, 1.82) is 0 Å². The summed E-state index contributed by atoms with van der Waals surface area (Å²) in [6.45, 7) is 8.45. The molecular formula is C8H12ClNS. The minimum atomic E-state index is 0.119. The third-order valence-corrected chi connectivity index (χ3v) is 2.70. The second-order valence-corrected chi connectivity index (χ2v) is 5.04. The Morgan fingerprint density at radius 3 is 2.09 bits per heavy atom. The third-order valence-electron chi connectivity index (χ3n) is 1.57. The van der Waals surface area contributed by atoms with Crippen molar-refractivity contribution in [3.63, 3.8) is 0 Å². The molecule has 0 amide bonds. The minimum Gasteiger partial charge on any atom is -0.196 e. The van der Waals surface area contributed by atoms with Crippen LogP contribution in [0.5, 0.6) is 0 Å². The smallest absolute Gasteiger partial charge is 0.117 e. The van der Waals surface area contributed by atoms with Gasteiger partial charge in [0.05, 0.1) is 5.69 Å². The van der Waals surface area contributed by atoms with E-state index in [0.29, 0.717) is 0 Å². The average Bonchev–Trinajstić information content (AvgIpc) is 2.08. The van der Waals surface area contributed by atoms with Crippen molar-refractivity contribution in [2.45, 2.75) is 33.1 Å². The van der Waals surface area contributed by atoms with Crippen LogP contribution in [0.2, 0.25) is 4.34 Å². The molecule has 62 valence electrons. The van der Waals surface area contributed by atoms with Gasteiger partial charge in [0.2, 0.25) is 0 Å². The van der Waals surface area contributed by atoms with Gasteiger partial charge in [-0.05, 0) is 23.9 Å². The molecule has 0 atom stereocenters. The van der Waals surface area contributed by atoms with E-state index >= 15 is 0 Å². The van der Waals surface area contributed by atoms with Crippen LogP contribution in [-0.4, -0.2) is 4.37 Å². The molecule has 1 heterocycles. The Hall–Kier alpha value is -0.0800. The van der Waals surface area contributed by atoms with Crippen LogP contribution in [0.1, 0.15) is 32.0 Å². The number of aromatic nitrogens is 1. The molecule has 0 unspecified atom stereocenters. The highest BCUT2D eigenvalue weighted by Gasteiger charge is 2.22. The van der Waals surface area contributed by atoms with E-state index in [1.54, 1.807) is 0 Å². The maximum atomic E-state index is 5.99. The van der Waals surface area contributed by atoms with Gasteiger partial charge in [-0.15, -0.1) is 0 Å². The minimum absolute atomic E-state index is 0.119. The molecule has 0 aliphatic heterocycles. The molecule has 0 N–H and O–H groups in total. The molecule has 1 nitrogen and oxygen atoms in total. The summed E-state index contributed by atoms with van der Waals surface area (Å²) in [6.07, 6.45) is 0. The molecule has 1 aromatic rings. The fourth-order valence-corrected chi connectivity index (χ4v) is 2.56. The topological polar surface area (TPSA) is 12.9 Å². The molecule has 0 bridgehead atoms. The Kier molecular flexibility index (Phi) is 2.26. The second-order valence-electron chi connectivity index (χ2n) is 3.67. The van der Waals surface area contributed by atoms with Crippen LogP contribution in [0.3, 0.4) is 0 Å². The van der Waals surface area contributed by atoms with Crippen molar-refractivity contribution in [3.05, 3.63) is 15.6 Å². The Balaban J connectivity index is 3.21. The van der Waals surface area contributed by atoms with Crippen molar-refractivity contribution in [3.8, 4) is 0 Å². The summed E-state index contributed by atoms with van der Waals surface area (Å²) in [5.74, 6) is 0. The molecule has 11 heavy (non-hydrogen) atoms. The van der Waals surface area contributed by atoms with E-state index < -0.39 is 0 Å². The summed E-state index contributed by atoms with van der Waals surface area (Å²) in [5.41, 5.74) is 2.37. The van der Waals surface area contributed by atoms with Crippen LogP contribution in [0.15, 0.2) is 0 Å². The molecule has 0 spiro atoms. The molecule has 3 heteroatoms. The first kappa shape index (κ1) is 9.01.